The zero-order valence-electron chi connectivity index (χ0n) is 15.9. The lowest BCUT2D eigenvalue weighted by Gasteiger charge is -2.25. The summed E-state index contributed by atoms with van der Waals surface area (Å²) in [5.74, 6) is 0.633. The van der Waals surface area contributed by atoms with Crippen LogP contribution in [0.1, 0.15) is 17.5 Å². The van der Waals surface area contributed by atoms with Gasteiger partial charge in [-0.3, -0.25) is 4.79 Å². The van der Waals surface area contributed by atoms with E-state index in [0.717, 1.165) is 22.6 Å². The van der Waals surface area contributed by atoms with Crippen LogP contribution in [0.25, 0.3) is 0 Å². The molecule has 0 aromatic heterocycles. The van der Waals surface area contributed by atoms with Gasteiger partial charge >= 0.3 is 0 Å². The average molecular weight is 403 g/mol. The Labute approximate surface area is 169 Å². The van der Waals surface area contributed by atoms with Gasteiger partial charge < -0.3 is 19.2 Å². The summed E-state index contributed by atoms with van der Waals surface area (Å²) in [4.78, 5) is 19.8. The van der Waals surface area contributed by atoms with Crippen molar-refractivity contribution in [3.8, 4) is 5.75 Å². The number of benzene rings is 2. The van der Waals surface area contributed by atoms with Crippen LogP contribution < -0.4 is 4.74 Å². The van der Waals surface area contributed by atoms with E-state index in [4.69, 9.17) is 25.9 Å². The first-order valence-corrected chi connectivity index (χ1v) is 9.35. The Morgan fingerprint density at radius 3 is 2.82 bits per heavy atom. The minimum atomic E-state index is -0.236. The molecule has 28 heavy (non-hydrogen) atoms. The molecule has 3 rings (SSSR count). The molecule has 1 heterocycles. The van der Waals surface area contributed by atoms with Gasteiger partial charge in [0.05, 0.1) is 19.4 Å². The Hall–Kier alpha value is -2.57. The molecule has 0 saturated carbocycles. The monoisotopic (exact) mass is 402 g/mol. The summed E-state index contributed by atoms with van der Waals surface area (Å²) in [5.41, 5.74) is 2.65. The molecule has 1 unspecified atom stereocenters. The van der Waals surface area contributed by atoms with Gasteiger partial charge in [0.2, 0.25) is 5.91 Å². The first-order valence-electron chi connectivity index (χ1n) is 8.98. The number of hydrogen-bond acceptors (Lipinski definition) is 5. The van der Waals surface area contributed by atoms with Crippen molar-refractivity contribution in [2.24, 2.45) is 5.16 Å². The van der Waals surface area contributed by atoms with E-state index in [1.165, 1.54) is 7.11 Å². The Balaban J connectivity index is 1.69. The van der Waals surface area contributed by atoms with Gasteiger partial charge in [0.15, 0.2) is 6.10 Å². The molecule has 1 aliphatic heterocycles. The summed E-state index contributed by atoms with van der Waals surface area (Å²) in [5, 5.41) is 4.86. The molecule has 7 heteroatoms. The van der Waals surface area contributed by atoms with Crippen molar-refractivity contribution in [3.63, 3.8) is 0 Å². The molecule has 6 nitrogen and oxygen atoms in total. The predicted molar refractivity (Wildman–Crippen MR) is 108 cm³/mol. The number of methoxy groups -OCH3 is 2. The second-order valence-electron chi connectivity index (χ2n) is 6.51. The third-order valence-corrected chi connectivity index (χ3v) is 4.69. The van der Waals surface area contributed by atoms with Crippen LogP contribution in [0, 0.1) is 0 Å². The first-order chi connectivity index (χ1) is 13.6. The fourth-order valence-electron chi connectivity index (χ4n) is 3.14. The van der Waals surface area contributed by atoms with Crippen molar-refractivity contribution in [1.82, 2.24) is 4.90 Å². The van der Waals surface area contributed by atoms with E-state index < -0.39 is 0 Å². The average Bonchev–Trinajstić information content (AvgIpc) is 3.16. The summed E-state index contributed by atoms with van der Waals surface area (Å²) >= 11 is 6.07. The van der Waals surface area contributed by atoms with E-state index in [1.54, 1.807) is 18.1 Å². The third-order valence-electron chi connectivity index (χ3n) is 4.46. The van der Waals surface area contributed by atoms with E-state index in [9.17, 15) is 4.79 Å². The van der Waals surface area contributed by atoms with E-state index in [1.807, 2.05) is 42.5 Å². The Bertz CT molecular complexity index is 856. The van der Waals surface area contributed by atoms with Gasteiger partial charge in [-0.2, -0.15) is 0 Å². The molecule has 2 aromatic carbocycles. The maximum absolute atomic E-state index is 12.5. The molecule has 1 atom stereocenters. The Kier molecular flexibility index (Phi) is 6.90. The molecule has 0 spiro atoms. The quantitative estimate of drug-likeness (QED) is 0.677. The minimum Gasteiger partial charge on any atom is -0.496 e. The Morgan fingerprint density at radius 1 is 1.25 bits per heavy atom. The van der Waals surface area contributed by atoms with Crippen molar-refractivity contribution < 1.29 is 19.1 Å². The molecule has 0 fully saturated rings. The van der Waals surface area contributed by atoms with Gasteiger partial charge in [0, 0.05) is 30.7 Å². The van der Waals surface area contributed by atoms with Crippen LogP contribution in [0.5, 0.6) is 5.75 Å². The van der Waals surface area contributed by atoms with Crippen molar-refractivity contribution in [1.29, 1.82) is 0 Å². The first kappa shape index (κ1) is 20.2. The lowest BCUT2D eigenvalue weighted by Crippen LogP contribution is -2.39. The zero-order chi connectivity index (χ0) is 19.9. The summed E-state index contributed by atoms with van der Waals surface area (Å²) in [6.45, 7) is 0.830. The largest absolute Gasteiger partial charge is 0.496 e. The maximum atomic E-state index is 12.5. The normalized spacial score (nSPS) is 15.7. The fraction of sp³-hybridized carbons (Fsp3) is 0.333. The summed E-state index contributed by atoms with van der Waals surface area (Å²) in [7, 11) is 3.13. The van der Waals surface area contributed by atoms with E-state index in [-0.39, 0.29) is 18.6 Å². The zero-order valence-corrected chi connectivity index (χ0v) is 16.7. The second kappa shape index (κ2) is 9.57. The van der Waals surface area contributed by atoms with Gasteiger partial charge in [0.25, 0.3) is 0 Å². The summed E-state index contributed by atoms with van der Waals surface area (Å²) < 4.78 is 10.4. The number of halogens is 1. The number of carbonyl (C=O) groups excluding carboxylic acids is 1. The second-order valence-corrected chi connectivity index (χ2v) is 6.94. The number of rotatable bonds is 8. The molecule has 0 radical (unpaired) electrons. The summed E-state index contributed by atoms with van der Waals surface area (Å²) in [6.07, 6.45) is 0.354. The van der Waals surface area contributed by atoms with Crippen molar-refractivity contribution in [3.05, 3.63) is 64.7 Å². The number of carbonyl (C=O) groups is 1. The molecule has 2 aromatic rings. The fourth-order valence-corrected chi connectivity index (χ4v) is 3.35. The Morgan fingerprint density at radius 2 is 2.07 bits per heavy atom. The maximum Gasteiger partial charge on any atom is 0.248 e. The number of oxime groups is 1. The van der Waals surface area contributed by atoms with Crippen LogP contribution in [-0.2, 0) is 20.9 Å². The number of amides is 1. The lowest BCUT2D eigenvalue weighted by molar-refractivity contribution is -0.137. The van der Waals surface area contributed by atoms with E-state index in [2.05, 4.69) is 5.16 Å². The molecule has 1 amide bonds. The van der Waals surface area contributed by atoms with Gasteiger partial charge in [-0.15, -0.1) is 0 Å². The molecular formula is C21H23ClN2O4. The minimum absolute atomic E-state index is 0.00745. The van der Waals surface area contributed by atoms with Gasteiger partial charge in [0.1, 0.15) is 12.4 Å². The van der Waals surface area contributed by atoms with Crippen LogP contribution >= 0.6 is 11.6 Å². The number of ether oxygens (including phenoxy) is 2. The van der Waals surface area contributed by atoms with Crippen molar-refractivity contribution >= 4 is 23.2 Å². The number of hydrogen-bond donors (Lipinski definition) is 0. The topological polar surface area (TPSA) is 60.4 Å². The predicted octanol–water partition coefficient (Wildman–Crippen LogP) is 3.52. The molecule has 1 aliphatic rings. The van der Waals surface area contributed by atoms with Gasteiger partial charge in [-0.1, -0.05) is 41.0 Å². The van der Waals surface area contributed by atoms with Gasteiger partial charge in [-0.25, -0.2) is 0 Å². The molecular weight excluding hydrogens is 380 g/mol. The third kappa shape index (κ3) is 5.03. The van der Waals surface area contributed by atoms with Crippen LogP contribution in [0.15, 0.2) is 53.7 Å². The van der Waals surface area contributed by atoms with Crippen LogP contribution in [-0.4, -0.2) is 50.0 Å². The molecule has 0 saturated heterocycles. The van der Waals surface area contributed by atoms with E-state index in [0.29, 0.717) is 24.5 Å². The van der Waals surface area contributed by atoms with Crippen LogP contribution in [0.3, 0.4) is 0 Å². The highest BCUT2D eigenvalue weighted by atomic mass is 35.5. The molecule has 0 N–H and O–H groups in total. The smallest absolute Gasteiger partial charge is 0.248 e. The van der Waals surface area contributed by atoms with Gasteiger partial charge in [-0.05, 0) is 29.8 Å². The van der Waals surface area contributed by atoms with Crippen molar-refractivity contribution in [2.75, 3.05) is 27.4 Å². The highest BCUT2D eigenvalue weighted by Gasteiger charge is 2.28. The molecule has 0 bridgehead atoms. The molecule has 148 valence electrons. The summed E-state index contributed by atoms with van der Waals surface area (Å²) in [6, 6.07) is 15.1. The van der Waals surface area contributed by atoms with E-state index >= 15 is 0 Å². The highest BCUT2D eigenvalue weighted by Crippen LogP contribution is 2.25. The molecule has 0 aliphatic carbocycles. The van der Waals surface area contributed by atoms with Crippen LogP contribution in [0.2, 0.25) is 5.02 Å². The number of para-hydroxylation sites is 1. The number of nitrogens with zero attached hydrogens (tertiary/aromatic N) is 2. The lowest BCUT2D eigenvalue weighted by atomic mass is 10.0. The van der Waals surface area contributed by atoms with Crippen LogP contribution in [0.4, 0.5) is 0 Å². The highest BCUT2D eigenvalue weighted by molar-refractivity contribution is 6.30. The van der Waals surface area contributed by atoms with Crippen molar-refractivity contribution in [2.45, 2.75) is 19.1 Å². The SMILES string of the molecule is COCC(=O)N(Cc1cccc(Cl)c1)CC1CC(c2ccccc2OC)=NO1. The standard InChI is InChI=1S/C21H23ClN2O4/c1-26-14-21(25)24(12-15-6-5-7-16(22)10-15)13-17-11-19(23-28-17)18-8-3-4-9-20(18)27-2/h3-10,17H,11-14H2,1-2H3.